The highest BCUT2D eigenvalue weighted by molar-refractivity contribution is 5.76. The molecular formula is C66H127NO6. The molecule has 0 radical (unpaired) electrons. The average Bonchev–Trinajstić information content (AvgIpc) is 3.39. The molecule has 0 aliphatic carbocycles. The molecule has 0 aromatic carbocycles. The Bertz CT molecular complexity index is 1160. The van der Waals surface area contributed by atoms with Gasteiger partial charge < -0.3 is 25.4 Å². The summed E-state index contributed by atoms with van der Waals surface area (Å²) in [6, 6.07) is -0.811. The first-order valence-corrected chi connectivity index (χ1v) is 32.7. The number of amides is 1. The van der Waals surface area contributed by atoms with Crippen molar-refractivity contribution in [3.8, 4) is 0 Å². The van der Waals surface area contributed by atoms with Crippen LogP contribution in [-0.4, -0.2) is 58.7 Å². The molecule has 0 rings (SSSR count). The number of esters is 1. The molecule has 0 heterocycles. The summed E-state index contributed by atoms with van der Waals surface area (Å²) in [6.45, 7) is 4.75. The molecule has 432 valence electrons. The molecule has 0 aromatic rings. The van der Waals surface area contributed by atoms with Crippen LogP contribution >= 0.6 is 0 Å². The molecule has 0 saturated carbocycles. The summed E-state index contributed by atoms with van der Waals surface area (Å²) < 4.78 is 5.48. The van der Waals surface area contributed by atoms with Crippen LogP contribution in [0.25, 0.3) is 0 Å². The zero-order chi connectivity index (χ0) is 53.0. The molecule has 1 amide bonds. The number of hydrogen-bond acceptors (Lipinski definition) is 6. The van der Waals surface area contributed by atoms with Crippen LogP contribution in [0.3, 0.4) is 0 Å². The van der Waals surface area contributed by atoms with Gasteiger partial charge in [0.05, 0.1) is 25.4 Å². The Morgan fingerprint density at radius 1 is 0.397 bits per heavy atom. The largest absolute Gasteiger partial charge is 0.466 e. The zero-order valence-electron chi connectivity index (χ0n) is 49.0. The van der Waals surface area contributed by atoms with Gasteiger partial charge in [-0.1, -0.05) is 308 Å². The van der Waals surface area contributed by atoms with E-state index >= 15 is 0 Å². The number of hydrogen-bond donors (Lipinski definition) is 4. The standard InChI is InChI=1S/C66H127NO6/c1-3-5-7-9-11-13-15-17-31-35-39-43-47-51-55-59-65(71)73-60-56-52-48-44-40-36-33-30-28-26-24-22-20-18-19-21-23-25-27-29-32-34-38-42-46-50-54-58-64(70)67-62(61-68)66(72)63(69)57-53-49-45-41-37-16-14-12-10-8-6-4-2/h11,13,17,31,62-63,66,68-69,72H,3-10,12,14-16,18-30,32-61H2,1-2H3,(H,67,70)/b13-11-,31-17-/t62-,63+,66+/m0/s1. The lowest BCUT2D eigenvalue weighted by Crippen LogP contribution is -2.50. The molecule has 0 unspecified atom stereocenters. The lowest BCUT2D eigenvalue weighted by molar-refractivity contribution is -0.143. The normalized spacial score (nSPS) is 13.1. The van der Waals surface area contributed by atoms with Gasteiger partial charge in [0.2, 0.25) is 5.91 Å². The van der Waals surface area contributed by atoms with Gasteiger partial charge in [-0.05, 0) is 57.8 Å². The fourth-order valence-electron chi connectivity index (χ4n) is 10.3. The summed E-state index contributed by atoms with van der Waals surface area (Å²) in [5.41, 5.74) is 0. The van der Waals surface area contributed by atoms with Crippen LogP contribution in [-0.2, 0) is 14.3 Å². The molecule has 0 aliphatic heterocycles. The second-order valence-corrected chi connectivity index (χ2v) is 22.6. The highest BCUT2D eigenvalue weighted by Crippen LogP contribution is 2.19. The van der Waals surface area contributed by atoms with Gasteiger partial charge in [-0.2, -0.15) is 0 Å². The van der Waals surface area contributed by atoms with Crippen LogP contribution in [0, 0.1) is 0 Å². The number of allylic oxidation sites excluding steroid dienone is 4. The molecule has 73 heavy (non-hydrogen) atoms. The second-order valence-electron chi connectivity index (χ2n) is 22.6. The third-order valence-electron chi connectivity index (χ3n) is 15.3. The highest BCUT2D eigenvalue weighted by Gasteiger charge is 2.26. The Balaban J connectivity index is 3.38. The van der Waals surface area contributed by atoms with Crippen molar-refractivity contribution in [1.29, 1.82) is 0 Å². The van der Waals surface area contributed by atoms with E-state index in [9.17, 15) is 24.9 Å². The second kappa shape index (κ2) is 61.2. The summed E-state index contributed by atoms with van der Waals surface area (Å²) in [4.78, 5) is 24.6. The summed E-state index contributed by atoms with van der Waals surface area (Å²) in [5.74, 6) is -0.143. The maximum Gasteiger partial charge on any atom is 0.305 e. The van der Waals surface area contributed by atoms with Crippen molar-refractivity contribution < 1.29 is 29.6 Å². The molecule has 0 aromatic heterocycles. The van der Waals surface area contributed by atoms with Crippen LogP contribution in [0.5, 0.6) is 0 Å². The molecule has 0 spiro atoms. The molecule has 0 fully saturated rings. The number of ether oxygens (including phenoxy) is 1. The first kappa shape index (κ1) is 71.3. The Hall–Kier alpha value is -1.70. The molecular weight excluding hydrogens is 903 g/mol. The minimum absolute atomic E-state index is 0.00137. The summed E-state index contributed by atoms with van der Waals surface area (Å²) in [5, 5.41) is 33.7. The van der Waals surface area contributed by atoms with Gasteiger partial charge in [-0.3, -0.25) is 9.59 Å². The van der Waals surface area contributed by atoms with Gasteiger partial charge in [0.1, 0.15) is 6.10 Å². The van der Waals surface area contributed by atoms with Crippen molar-refractivity contribution in [3.05, 3.63) is 24.3 Å². The highest BCUT2D eigenvalue weighted by atomic mass is 16.5. The van der Waals surface area contributed by atoms with E-state index in [2.05, 4.69) is 43.5 Å². The number of aliphatic hydroxyl groups is 3. The van der Waals surface area contributed by atoms with Crippen molar-refractivity contribution >= 4 is 11.9 Å². The van der Waals surface area contributed by atoms with Crippen molar-refractivity contribution in [2.75, 3.05) is 13.2 Å². The van der Waals surface area contributed by atoms with E-state index in [0.717, 1.165) is 64.2 Å². The maximum absolute atomic E-state index is 12.5. The van der Waals surface area contributed by atoms with Gasteiger partial charge in [-0.25, -0.2) is 0 Å². The fraction of sp³-hybridized carbons (Fsp3) is 0.909. The van der Waals surface area contributed by atoms with E-state index < -0.39 is 18.2 Å². The average molecular weight is 1030 g/mol. The Morgan fingerprint density at radius 3 is 1.11 bits per heavy atom. The Labute approximate surface area is 454 Å². The third-order valence-corrected chi connectivity index (χ3v) is 15.3. The van der Waals surface area contributed by atoms with Crippen LogP contribution in [0.15, 0.2) is 24.3 Å². The van der Waals surface area contributed by atoms with E-state index in [0.29, 0.717) is 25.9 Å². The molecule has 0 bridgehead atoms. The number of carbonyl (C=O) groups excluding carboxylic acids is 2. The topological polar surface area (TPSA) is 116 Å². The smallest absolute Gasteiger partial charge is 0.305 e. The van der Waals surface area contributed by atoms with Crippen molar-refractivity contribution in [2.24, 2.45) is 0 Å². The summed E-state index contributed by atoms with van der Waals surface area (Å²) in [6.07, 6.45) is 72.3. The predicted octanol–water partition coefficient (Wildman–Crippen LogP) is 19.6. The molecule has 7 heteroatoms. The number of aliphatic hydroxyl groups excluding tert-OH is 3. The number of unbranched alkanes of at least 4 members (excludes halogenated alkanes) is 45. The van der Waals surface area contributed by atoms with E-state index in [1.807, 2.05) is 0 Å². The zero-order valence-corrected chi connectivity index (χ0v) is 49.0. The van der Waals surface area contributed by atoms with Crippen LogP contribution in [0.4, 0.5) is 0 Å². The van der Waals surface area contributed by atoms with Gasteiger partial charge in [0.25, 0.3) is 0 Å². The Kier molecular flexibility index (Phi) is 59.7. The van der Waals surface area contributed by atoms with E-state index in [4.69, 9.17) is 4.74 Å². The van der Waals surface area contributed by atoms with Crippen LogP contribution in [0.2, 0.25) is 0 Å². The van der Waals surface area contributed by atoms with Gasteiger partial charge in [0, 0.05) is 12.8 Å². The summed E-state index contributed by atoms with van der Waals surface area (Å²) in [7, 11) is 0. The minimum atomic E-state index is -1.14. The SMILES string of the molecule is CCCCC/C=C\C/C=C\CCCCCCCC(=O)OCCCCCCCCCCCCCCCCCCCCCCCCCCCCCC(=O)N[C@@H](CO)[C@@H](O)[C@H](O)CCCCCCCCCCCCCC. The number of carbonyl (C=O) groups is 2. The maximum atomic E-state index is 12.5. The first-order valence-electron chi connectivity index (χ1n) is 32.7. The lowest BCUT2D eigenvalue weighted by Gasteiger charge is -2.26. The van der Waals surface area contributed by atoms with E-state index in [1.54, 1.807) is 0 Å². The van der Waals surface area contributed by atoms with Gasteiger partial charge in [-0.15, -0.1) is 0 Å². The predicted molar refractivity (Wildman–Crippen MR) is 316 cm³/mol. The van der Waals surface area contributed by atoms with Crippen molar-refractivity contribution in [2.45, 2.75) is 372 Å². The van der Waals surface area contributed by atoms with E-state index in [-0.39, 0.29) is 18.5 Å². The number of nitrogens with one attached hydrogen (secondary N) is 1. The number of rotatable bonds is 61. The van der Waals surface area contributed by atoms with Crippen LogP contribution in [0.1, 0.15) is 354 Å². The van der Waals surface area contributed by atoms with Gasteiger partial charge >= 0.3 is 5.97 Å². The van der Waals surface area contributed by atoms with Crippen molar-refractivity contribution in [3.63, 3.8) is 0 Å². The minimum Gasteiger partial charge on any atom is -0.466 e. The Morgan fingerprint density at radius 2 is 0.712 bits per heavy atom. The molecule has 0 saturated heterocycles. The van der Waals surface area contributed by atoms with Crippen molar-refractivity contribution in [1.82, 2.24) is 5.32 Å². The van der Waals surface area contributed by atoms with E-state index in [1.165, 1.54) is 257 Å². The molecule has 7 nitrogen and oxygen atoms in total. The quantitative estimate of drug-likeness (QED) is 0.0274. The molecule has 4 N–H and O–H groups in total. The monoisotopic (exact) mass is 1030 g/mol. The van der Waals surface area contributed by atoms with Gasteiger partial charge in [0.15, 0.2) is 0 Å². The summed E-state index contributed by atoms with van der Waals surface area (Å²) >= 11 is 0. The first-order chi connectivity index (χ1) is 36.0. The molecule has 0 aliphatic rings. The third kappa shape index (κ3) is 56.3. The van der Waals surface area contributed by atoms with Crippen LogP contribution < -0.4 is 5.32 Å². The lowest BCUT2D eigenvalue weighted by atomic mass is 9.99. The molecule has 3 atom stereocenters. The fourth-order valence-corrected chi connectivity index (χ4v) is 10.3.